The van der Waals surface area contributed by atoms with Gasteiger partial charge in [-0.1, -0.05) is 35.5 Å². The van der Waals surface area contributed by atoms with E-state index in [-0.39, 0.29) is 16.6 Å². The van der Waals surface area contributed by atoms with Gasteiger partial charge in [-0.05, 0) is 53.1 Å². The summed E-state index contributed by atoms with van der Waals surface area (Å²) in [5.74, 6) is -1.16. The molecule has 0 amide bonds. The zero-order valence-electron chi connectivity index (χ0n) is 15.0. The highest BCUT2D eigenvalue weighted by atomic mass is 35.5. The van der Waals surface area contributed by atoms with Crippen LogP contribution in [0.1, 0.15) is 40.4 Å². The maximum Gasteiger partial charge on any atom is 0.201 e. The van der Waals surface area contributed by atoms with E-state index >= 15 is 0 Å². The highest BCUT2D eigenvalue weighted by Crippen LogP contribution is 2.54. The van der Waals surface area contributed by atoms with Crippen LogP contribution in [0.15, 0.2) is 56.0 Å². The number of benzene rings is 1. The molecule has 2 nitrogen and oxygen atoms in total. The largest absolute Gasteiger partial charge is 0.294 e. The van der Waals surface area contributed by atoms with Crippen LogP contribution in [-0.2, 0) is 4.79 Å². The molecule has 2 aromatic rings. The summed E-state index contributed by atoms with van der Waals surface area (Å²) < 4.78 is 15.2. The molecule has 0 fully saturated rings. The summed E-state index contributed by atoms with van der Waals surface area (Å²) in [6, 6.07) is 8.19. The molecular formula is C21H16ClFO2S3. The second-order valence-corrected chi connectivity index (χ2v) is 10.1. The number of carbonyl (C=O) groups is 2. The van der Waals surface area contributed by atoms with Crippen molar-refractivity contribution in [1.82, 2.24) is 0 Å². The minimum absolute atomic E-state index is 0.0262. The topological polar surface area (TPSA) is 34.1 Å². The summed E-state index contributed by atoms with van der Waals surface area (Å²) in [4.78, 5) is 27.9. The number of hydrogen-bond donors (Lipinski definition) is 0. The van der Waals surface area contributed by atoms with Crippen molar-refractivity contribution in [3.63, 3.8) is 0 Å². The van der Waals surface area contributed by atoms with E-state index in [1.165, 1.54) is 47.0 Å². The van der Waals surface area contributed by atoms with Gasteiger partial charge in [0.25, 0.3) is 0 Å². The highest BCUT2D eigenvalue weighted by Gasteiger charge is 2.40. The first-order valence-electron chi connectivity index (χ1n) is 8.76. The predicted octanol–water partition coefficient (Wildman–Crippen LogP) is 6.84. The summed E-state index contributed by atoms with van der Waals surface area (Å²) in [6.45, 7) is 0. The van der Waals surface area contributed by atoms with Crippen molar-refractivity contribution in [1.29, 1.82) is 0 Å². The van der Waals surface area contributed by atoms with E-state index in [1.54, 1.807) is 12.1 Å². The standard InChI is InChI=1S/C21H16ClFO2S3/c1-26-21-19(20(25)16-6-3-9-27-16)17(11-7-8-12(22)13(23)10-11)18-14(24)4-2-5-15(18)28-21/h3,6-10,17H,2,4-5H2,1H3. The number of thiophene rings is 1. The zero-order valence-corrected chi connectivity index (χ0v) is 18.2. The van der Waals surface area contributed by atoms with Gasteiger partial charge in [0, 0.05) is 23.5 Å². The third-order valence-electron chi connectivity index (χ3n) is 4.87. The number of hydrogen-bond acceptors (Lipinski definition) is 5. The van der Waals surface area contributed by atoms with Crippen molar-refractivity contribution >= 4 is 58.0 Å². The lowest BCUT2D eigenvalue weighted by atomic mass is 9.78. The van der Waals surface area contributed by atoms with E-state index in [4.69, 9.17) is 11.6 Å². The van der Waals surface area contributed by atoms with Crippen LogP contribution in [0.3, 0.4) is 0 Å². The average molecular weight is 451 g/mol. The quantitative estimate of drug-likeness (QED) is 0.478. The van der Waals surface area contributed by atoms with Crippen molar-refractivity contribution in [3.05, 3.63) is 77.3 Å². The maximum absolute atomic E-state index is 14.3. The van der Waals surface area contributed by atoms with Gasteiger partial charge in [-0.2, -0.15) is 0 Å². The van der Waals surface area contributed by atoms with Crippen LogP contribution in [0, 0.1) is 5.82 Å². The van der Waals surface area contributed by atoms with Crippen molar-refractivity contribution < 1.29 is 14.0 Å². The van der Waals surface area contributed by atoms with Gasteiger partial charge in [-0.3, -0.25) is 9.59 Å². The molecule has 1 atom stereocenters. The molecule has 1 aromatic carbocycles. The number of thioether (sulfide) groups is 2. The average Bonchev–Trinajstić information content (AvgIpc) is 3.23. The second-order valence-electron chi connectivity index (χ2n) is 6.53. The van der Waals surface area contributed by atoms with Gasteiger partial charge in [0.15, 0.2) is 5.78 Å². The van der Waals surface area contributed by atoms with Gasteiger partial charge < -0.3 is 0 Å². The Morgan fingerprint density at radius 2 is 2.11 bits per heavy atom. The second kappa shape index (κ2) is 8.19. The number of halogens is 2. The Labute approximate surface area is 180 Å². The van der Waals surface area contributed by atoms with Crippen molar-refractivity contribution in [2.75, 3.05) is 6.26 Å². The summed E-state index contributed by atoms with van der Waals surface area (Å²) in [5, 5.41) is 1.88. The first kappa shape index (κ1) is 20.0. The van der Waals surface area contributed by atoms with E-state index in [1.807, 2.05) is 17.7 Å². The minimum Gasteiger partial charge on any atom is -0.294 e. The molecule has 1 aliphatic heterocycles. The fraction of sp³-hybridized carbons (Fsp3) is 0.238. The molecule has 0 bridgehead atoms. The normalized spacial score (nSPS) is 19.8. The van der Waals surface area contributed by atoms with Crippen molar-refractivity contribution in [2.45, 2.75) is 25.2 Å². The molecule has 7 heteroatoms. The molecule has 1 aromatic heterocycles. The Morgan fingerprint density at radius 3 is 2.79 bits per heavy atom. The van der Waals surface area contributed by atoms with Gasteiger partial charge in [0.05, 0.1) is 14.1 Å². The smallest absolute Gasteiger partial charge is 0.201 e. The van der Waals surface area contributed by atoms with Crippen LogP contribution < -0.4 is 0 Å². The van der Waals surface area contributed by atoms with E-state index in [0.717, 1.165) is 22.0 Å². The monoisotopic (exact) mass is 450 g/mol. The Balaban J connectivity index is 1.94. The Hall–Kier alpha value is -1.34. The van der Waals surface area contributed by atoms with Crippen molar-refractivity contribution in [2.24, 2.45) is 0 Å². The molecule has 144 valence electrons. The molecule has 0 saturated carbocycles. The molecule has 4 rings (SSSR count). The van der Waals surface area contributed by atoms with Crippen LogP contribution in [0.2, 0.25) is 5.02 Å². The molecule has 2 aliphatic rings. The summed E-state index contributed by atoms with van der Waals surface area (Å²) >= 11 is 10.3. The van der Waals surface area contributed by atoms with Gasteiger partial charge in [-0.25, -0.2) is 4.39 Å². The number of rotatable bonds is 4. The molecule has 1 unspecified atom stereocenters. The fourth-order valence-electron chi connectivity index (χ4n) is 3.63. The van der Waals surface area contributed by atoms with Crippen LogP contribution >= 0.6 is 46.5 Å². The first-order valence-corrected chi connectivity index (χ1v) is 12.1. The summed E-state index contributed by atoms with van der Waals surface area (Å²) in [5.41, 5.74) is 1.81. The number of allylic oxidation sites excluding steroid dienone is 3. The molecule has 1 aliphatic carbocycles. The van der Waals surface area contributed by atoms with E-state index in [9.17, 15) is 14.0 Å². The highest BCUT2D eigenvalue weighted by molar-refractivity contribution is 8.23. The molecule has 0 spiro atoms. The van der Waals surface area contributed by atoms with E-state index < -0.39 is 11.7 Å². The number of ketones is 2. The van der Waals surface area contributed by atoms with Gasteiger partial charge >= 0.3 is 0 Å². The first-order chi connectivity index (χ1) is 13.5. The lowest BCUT2D eigenvalue weighted by Crippen LogP contribution is -2.25. The molecular weight excluding hydrogens is 435 g/mol. The van der Waals surface area contributed by atoms with Crippen LogP contribution in [0.5, 0.6) is 0 Å². The van der Waals surface area contributed by atoms with E-state index in [0.29, 0.717) is 28.0 Å². The van der Waals surface area contributed by atoms with Crippen molar-refractivity contribution in [3.8, 4) is 0 Å². The minimum atomic E-state index is -0.562. The van der Waals surface area contributed by atoms with Crippen LogP contribution in [0.4, 0.5) is 4.39 Å². The lowest BCUT2D eigenvalue weighted by molar-refractivity contribution is -0.116. The maximum atomic E-state index is 14.3. The summed E-state index contributed by atoms with van der Waals surface area (Å²) in [6.07, 6.45) is 4.01. The molecule has 0 N–H and O–H groups in total. The SMILES string of the molecule is CSC1=C(C(=O)c2cccs2)C(c2ccc(Cl)c(F)c2)C2=C(CCCC2=O)S1. The van der Waals surface area contributed by atoms with Gasteiger partial charge in [0.1, 0.15) is 5.82 Å². The predicted molar refractivity (Wildman–Crippen MR) is 117 cm³/mol. The summed E-state index contributed by atoms with van der Waals surface area (Å²) in [7, 11) is 0. The Morgan fingerprint density at radius 1 is 1.29 bits per heavy atom. The zero-order chi connectivity index (χ0) is 19.8. The Kier molecular flexibility index (Phi) is 5.83. The van der Waals surface area contributed by atoms with Crippen LogP contribution in [-0.4, -0.2) is 17.8 Å². The lowest BCUT2D eigenvalue weighted by Gasteiger charge is -2.33. The third-order valence-corrected chi connectivity index (χ3v) is 8.47. The van der Waals surface area contributed by atoms with E-state index in [2.05, 4.69) is 0 Å². The Bertz CT molecular complexity index is 1020. The molecule has 0 saturated heterocycles. The van der Waals surface area contributed by atoms with Crippen LogP contribution in [0.25, 0.3) is 0 Å². The molecule has 0 radical (unpaired) electrons. The number of Topliss-reactive ketones (excluding diaryl/α,β-unsaturated/α-hetero) is 2. The van der Waals surface area contributed by atoms with Gasteiger partial charge in [-0.15, -0.1) is 23.1 Å². The fourth-order valence-corrected chi connectivity index (χ4v) is 6.63. The molecule has 28 heavy (non-hydrogen) atoms. The number of carbonyl (C=O) groups excluding carboxylic acids is 2. The third kappa shape index (κ3) is 3.52. The van der Waals surface area contributed by atoms with Gasteiger partial charge in [0.2, 0.25) is 5.78 Å². The molecule has 2 heterocycles.